The molecule has 74 valence electrons. The van der Waals surface area contributed by atoms with Crippen LogP contribution in [0.5, 0.6) is 0 Å². The summed E-state index contributed by atoms with van der Waals surface area (Å²) in [7, 11) is 1.90. The Labute approximate surface area is 77.8 Å². The average molecular weight is 185 g/mol. The predicted molar refractivity (Wildman–Crippen MR) is 48.4 cm³/mol. The van der Waals surface area contributed by atoms with E-state index in [-0.39, 0.29) is 11.7 Å². The van der Waals surface area contributed by atoms with Gasteiger partial charge in [-0.15, -0.1) is 0 Å². The quantitative estimate of drug-likeness (QED) is 0.643. The molecule has 0 aliphatic carbocycles. The Kier molecular flexibility index (Phi) is 3.31. The molecule has 0 amide bonds. The first-order chi connectivity index (χ1) is 6.15. The largest absolute Gasteiger partial charge is 0.510 e. The number of esters is 1. The summed E-state index contributed by atoms with van der Waals surface area (Å²) >= 11 is 0. The Morgan fingerprint density at radius 1 is 1.69 bits per heavy atom. The van der Waals surface area contributed by atoms with Crippen molar-refractivity contribution in [1.29, 1.82) is 0 Å². The standard InChI is InChI=1S/C9H15NO3/c1-3-13-9(12)7-4-5-10(2)6-8(7)11/h11H,3-6H2,1-2H3. The van der Waals surface area contributed by atoms with E-state index >= 15 is 0 Å². The summed E-state index contributed by atoms with van der Waals surface area (Å²) in [5.74, 6) is -0.236. The molecule has 0 radical (unpaired) electrons. The van der Waals surface area contributed by atoms with Crippen molar-refractivity contribution in [3.05, 3.63) is 11.3 Å². The second kappa shape index (κ2) is 4.28. The molecule has 1 rings (SSSR count). The number of hydrogen-bond donors (Lipinski definition) is 1. The lowest BCUT2D eigenvalue weighted by molar-refractivity contribution is -0.139. The second-order valence-corrected chi connectivity index (χ2v) is 3.13. The second-order valence-electron chi connectivity index (χ2n) is 3.13. The molecule has 0 saturated heterocycles. The lowest BCUT2D eigenvalue weighted by Gasteiger charge is -2.23. The van der Waals surface area contributed by atoms with Gasteiger partial charge in [-0.1, -0.05) is 0 Å². The molecule has 4 nitrogen and oxygen atoms in total. The van der Waals surface area contributed by atoms with Crippen molar-refractivity contribution >= 4 is 5.97 Å². The SMILES string of the molecule is CCOC(=O)C1=C(O)CN(C)CC1. The Hall–Kier alpha value is -1.03. The highest BCUT2D eigenvalue weighted by Crippen LogP contribution is 2.15. The molecule has 0 unspecified atom stereocenters. The van der Waals surface area contributed by atoms with Crippen LogP contribution in [0.3, 0.4) is 0 Å². The molecule has 0 atom stereocenters. The van der Waals surface area contributed by atoms with Gasteiger partial charge in [-0.05, 0) is 20.4 Å². The van der Waals surface area contributed by atoms with Gasteiger partial charge in [-0.25, -0.2) is 4.79 Å². The van der Waals surface area contributed by atoms with Crippen molar-refractivity contribution in [2.24, 2.45) is 0 Å². The molecule has 0 aromatic rings. The maximum absolute atomic E-state index is 11.3. The summed E-state index contributed by atoms with van der Waals surface area (Å²) < 4.78 is 4.81. The van der Waals surface area contributed by atoms with Crippen LogP contribution in [-0.2, 0) is 9.53 Å². The zero-order valence-corrected chi connectivity index (χ0v) is 8.04. The van der Waals surface area contributed by atoms with Gasteiger partial charge in [0, 0.05) is 6.54 Å². The molecule has 1 N–H and O–H groups in total. The fourth-order valence-corrected chi connectivity index (χ4v) is 1.32. The van der Waals surface area contributed by atoms with Gasteiger partial charge in [0.15, 0.2) is 0 Å². The van der Waals surface area contributed by atoms with Crippen molar-refractivity contribution in [1.82, 2.24) is 4.90 Å². The summed E-state index contributed by atoms with van der Waals surface area (Å²) in [5, 5.41) is 9.47. The van der Waals surface area contributed by atoms with Gasteiger partial charge in [0.1, 0.15) is 5.76 Å². The van der Waals surface area contributed by atoms with Crippen LogP contribution in [0.25, 0.3) is 0 Å². The van der Waals surface area contributed by atoms with E-state index in [2.05, 4.69) is 0 Å². The summed E-state index contributed by atoms with van der Waals surface area (Å²) in [6.45, 7) is 3.34. The lowest BCUT2D eigenvalue weighted by atomic mass is 10.1. The monoisotopic (exact) mass is 185 g/mol. The zero-order chi connectivity index (χ0) is 9.84. The van der Waals surface area contributed by atoms with Crippen molar-refractivity contribution in [3.63, 3.8) is 0 Å². The minimum Gasteiger partial charge on any atom is -0.510 e. The van der Waals surface area contributed by atoms with E-state index < -0.39 is 0 Å². The number of likely N-dealkylation sites (N-methyl/N-ethyl adjacent to an activating group) is 1. The fourth-order valence-electron chi connectivity index (χ4n) is 1.32. The van der Waals surface area contributed by atoms with Gasteiger partial charge in [-0.3, -0.25) is 4.90 Å². The number of aliphatic hydroxyl groups is 1. The Balaban J connectivity index is 2.67. The molecule has 0 aromatic heterocycles. The molecular formula is C9H15NO3. The van der Waals surface area contributed by atoms with Gasteiger partial charge < -0.3 is 9.84 Å². The smallest absolute Gasteiger partial charge is 0.337 e. The molecule has 0 fully saturated rings. The average Bonchev–Trinajstić information content (AvgIpc) is 2.04. The number of aliphatic hydroxyl groups excluding tert-OH is 1. The summed E-state index contributed by atoms with van der Waals surface area (Å²) in [4.78, 5) is 13.2. The highest BCUT2D eigenvalue weighted by molar-refractivity contribution is 5.89. The Morgan fingerprint density at radius 2 is 2.38 bits per heavy atom. The number of carbonyl (C=O) groups is 1. The van der Waals surface area contributed by atoms with Crippen LogP contribution in [0, 0.1) is 0 Å². The zero-order valence-electron chi connectivity index (χ0n) is 8.04. The summed E-state index contributed by atoms with van der Waals surface area (Å²) in [5.41, 5.74) is 0.431. The third kappa shape index (κ3) is 2.45. The topological polar surface area (TPSA) is 49.8 Å². The van der Waals surface area contributed by atoms with E-state index in [1.807, 2.05) is 11.9 Å². The van der Waals surface area contributed by atoms with Crippen molar-refractivity contribution in [2.45, 2.75) is 13.3 Å². The van der Waals surface area contributed by atoms with Gasteiger partial charge in [0.2, 0.25) is 0 Å². The van der Waals surface area contributed by atoms with Gasteiger partial charge in [-0.2, -0.15) is 0 Å². The van der Waals surface area contributed by atoms with Crippen LogP contribution in [0.2, 0.25) is 0 Å². The van der Waals surface area contributed by atoms with Crippen LogP contribution in [0.1, 0.15) is 13.3 Å². The third-order valence-electron chi connectivity index (χ3n) is 2.03. The predicted octanol–water partition coefficient (Wildman–Crippen LogP) is 0.697. The first kappa shape index (κ1) is 10.1. The minimum atomic E-state index is -0.381. The highest BCUT2D eigenvalue weighted by Gasteiger charge is 2.21. The van der Waals surface area contributed by atoms with Gasteiger partial charge >= 0.3 is 5.97 Å². The molecule has 0 spiro atoms. The maximum atomic E-state index is 11.3. The van der Waals surface area contributed by atoms with Crippen molar-refractivity contribution in [3.8, 4) is 0 Å². The number of hydrogen-bond acceptors (Lipinski definition) is 4. The highest BCUT2D eigenvalue weighted by atomic mass is 16.5. The van der Waals surface area contributed by atoms with Crippen molar-refractivity contribution in [2.75, 3.05) is 26.7 Å². The molecule has 4 heteroatoms. The van der Waals surface area contributed by atoms with Crippen LogP contribution in [-0.4, -0.2) is 42.7 Å². The Morgan fingerprint density at radius 3 is 2.92 bits per heavy atom. The minimum absolute atomic E-state index is 0.146. The first-order valence-electron chi connectivity index (χ1n) is 4.41. The third-order valence-corrected chi connectivity index (χ3v) is 2.03. The number of rotatable bonds is 2. The normalized spacial score (nSPS) is 18.9. The maximum Gasteiger partial charge on any atom is 0.337 e. The summed E-state index contributed by atoms with van der Waals surface area (Å²) in [6, 6.07) is 0. The molecule has 0 aromatic carbocycles. The molecule has 0 saturated carbocycles. The fraction of sp³-hybridized carbons (Fsp3) is 0.667. The van der Waals surface area contributed by atoms with E-state index in [1.54, 1.807) is 6.92 Å². The summed E-state index contributed by atoms with van der Waals surface area (Å²) in [6.07, 6.45) is 0.571. The van der Waals surface area contributed by atoms with Crippen LogP contribution < -0.4 is 0 Å². The molecule has 13 heavy (non-hydrogen) atoms. The lowest BCUT2D eigenvalue weighted by Crippen LogP contribution is -2.30. The molecule has 0 bridgehead atoms. The first-order valence-corrected chi connectivity index (χ1v) is 4.41. The van der Waals surface area contributed by atoms with E-state index in [0.717, 1.165) is 6.54 Å². The van der Waals surface area contributed by atoms with E-state index in [4.69, 9.17) is 4.74 Å². The van der Waals surface area contributed by atoms with Gasteiger partial charge in [0.05, 0.1) is 18.7 Å². The molecular weight excluding hydrogens is 170 g/mol. The molecule has 1 aliphatic rings. The molecule has 1 heterocycles. The number of ether oxygens (including phenoxy) is 1. The van der Waals surface area contributed by atoms with Gasteiger partial charge in [0.25, 0.3) is 0 Å². The number of carbonyl (C=O) groups excluding carboxylic acids is 1. The van der Waals surface area contributed by atoms with E-state index in [1.165, 1.54) is 0 Å². The number of nitrogens with zero attached hydrogens (tertiary/aromatic N) is 1. The van der Waals surface area contributed by atoms with E-state index in [0.29, 0.717) is 25.1 Å². The van der Waals surface area contributed by atoms with E-state index in [9.17, 15) is 9.90 Å². The van der Waals surface area contributed by atoms with Crippen LogP contribution >= 0.6 is 0 Å². The van der Waals surface area contributed by atoms with Crippen LogP contribution in [0.4, 0.5) is 0 Å². The van der Waals surface area contributed by atoms with Crippen LogP contribution in [0.15, 0.2) is 11.3 Å². The Bertz CT molecular complexity index is 235. The molecule has 1 aliphatic heterocycles. The van der Waals surface area contributed by atoms with Crippen molar-refractivity contribution < 1.29 is 14.6 Å².